The molecule has 36 heavy (non-hydrogen) atoms. The van der Waals surface area contributed by atoms with Gasteiger partial charge in [0, 0.05) is 11.5 Å². The van der Waals surface area contributed by atoms with E-state index in [-0.39, 0.29) is 28.9 Å². The van der Waals surface area contributed by atoms with Crippen LogP contribution in [-0.2, 0) is 11.2 Å². The van der Waals surface area contributed by atoms with E-state index in [4.69, 9.17) is 0 Å². The number of benzene rings is 1. The van der Waals surface area contributed by atoms with E-state index in [1.165, 1.54) is 22.4 Å². The van der Waals surface area contributed by atoms with Crippen molar-refractivity contribution < 1.29 is 28.9 Å². The molecule has 0 amide bonds. The summed E-state index contributed by atoms with van der Waals surface area (Å²) in [6.45, 7) is 3.39. The van der Waals surface area contributed by atoms with Crippen molar-refractivity contribution in [3.63, 3.8) is 0 Å². The van der Waals surface area contributed by atoms with Crippen LogP contribution in [0, 0.1) is 40.2 Å². The lowest BCUT2D eigenvalue weighted by molar-refractivity contribution is -0.181. The molecule has 1 aromatic carbocycles. The minimum Gasteiger partial charge on any atom is -0.393 e. The predicted molar refractivity (Wildman–Crippen MR) is 128 cm³/mol. The topological polar surface area (TPSA) is 95.6 Å². The third kappa shape index (κ3) is 2.98. The molecule has 1 unspecified atom stereocenters. The van der Waals surface area contributed by atoms with Crippen molar-refractivity contribution >= 4 is 11.9 Å². The summed E-state index contributed by atoms with van der Waals surface area (Å²) in [5.41, 5.74) is 0.371. The van der Waals surface area contributed by atoms with Crippen LogP contribution < -0.4 is 0 Å². The number of fused-ring (bicyclic) bond motifs is 6. The lowest BCUT2D eigenvalue weighted by atomic mass is 9.45. The van der Waals surface area contributed by atoms with Gasteiger partial charge < -0.3 is 15.3 Å². The first-order chi connectivity index (χ1) is 17.0. The molecule has 8 heteroatoms. The number of hydrogen-bond donors (Lipinski definition) is 3. The third-order valence-electron chi connectivity index (χ3n) is 10.3. The van der Waals surface area contributed by atoms with Gasteiger partial charge in [0.15, 0.2) is 11.6 Å². The van der Waals surface area contributed by atoms with Crippen molar-refractivity contribution in [2.24, 2.45) is 28.6 Å². The molecule has 2 aromatic rings. The fourth-order valence-electron chi connectivity index (χ4n) is 8.62. The Hall–Kier alpha value is -2.42. The molecule has 0 bridgehead atoms. The van der Waals surface area contributed by atoms with E-state index in [0.717, 1.165) is 30.2 Å². The monoisotopic (exact) mass is 498 g/mol. The fourth-order valence-corrected chi connectivity index (χ4v) is 8.62. The largest absolute Gasteiger partial charge is 0.393 e. The van der Waals surface area contributed by atoms with E-state index in [1.54, 1.807) is 6.20 Å². The highest BCUT2D eigenvalue weighted by Crippen LogP contribution is 2.67. The molecule has 0 saturated heterocycles. The van der Waals surface area contributed by atoms with Gasteiger partial charge in [0.2, 0.25) is 0 Å². The third-order valence-corrected chi connectivity index (χ3v) is 10.3. The molecule has 0 radical (unpaired) electrons. The molecule has 4 aliphatic rings. The van der Waals surface area contributed by atoms with Gasteiger partial charge in [-0.25, -0.2) is 13.5 Å². The number of aromatic nitrogens is 2. The minimum atomic E-state index is -1.62. The lowest BCUT2D eigenvalue weighted by Crippen LogP contribution is -2.62. The maximum atomic E-state index is 14.6. The van der Waals surface area contributed by atoms with Crippen LogP contribution in [0.4, 0.5) is 8.78 Å². The average Bonchev–Trinajstić information content (AvgIpc) is 3.34. The van der Waals surface area contributed by atoms with Crippen LogP contribution in [0.15, 0.2) is 30.0 Å². The average molecular weight is 499 g/mol. The van der Waals surface area contributed by atoms with Gasteiger partial charge in [-0.1, -0.05) is 19.4 Å². The van der Waals surface area contributed by atoms with Crippen molar-refractivity contribution in [2.45, 2.75) is 64.1 Å². The lowest BCUT2D eigenvalue weighted by Gasteiger charge is -2.60. The molecule has 0 aliphatic heterocycles. The van der Waals surface area contributed by atoms with Crippen LogP contribution in [0.3, 0.4) is 0 Å². The summed E-state index contributed by atoms with van der Waals surface area (Å²) >= 11 is 0. The first-order valence-electron chi connectivity index (χ1n) is 12.8. The van der Waals surface area contributed by atoms with E-state index in [1.807, 2.05) is 6.92 Å². The number of halogens is 2. The number of aliphatic hydroxyl groups excluding tert-OH is 2. The number of ketones is 1. The highest BCUT2D eigenvalue weighted by atomic mass is 19.1. The number of Topliss-reactive ketones (excluding diaryl/α,β-unsaturated/α-hetero) is 1. The highest BCUT2D eigenvalue weighted by molar-refractivity contribution is 5.89. The van der Waals surface area contributed by atoms with Crippen LogP contribution in [0.5, 0.6) is 0 Å². The van der Waals surface area contributed by atoms with Gasteiger partial charge in [-0.2, -0.15) is 5.10 Å². The zero-order valence-electron chi connectivity index (χ0n) is 20.5. The molecule has 6 nitrogen and oxygen atoms in total. The Labute approximate surface area is 208 Å². The number of nitrogens with zero attached hydrogens (tertiary/aromatic N) is 2. The van der Waals surface area contributed by atoms with Crippen molar-refractivity contribution in [2.75, 3.05) is 6.61 Å². The Balaban J connectivity index is 1.37. The van der Waals surface area contributed by atoms with Crippen LogP contribution >= 0.6 is 0 Å². The summed E-state index contributed by atoms with van der Waals surface area (Å²) in [6.07, 6.45) is 6.63. The number of allylic oxidation sites excluding steroid dienone is 1. The molecule has 3 fully saturated rings. The number of carbonyl (C=O) groups is 1. The normalized spacial score (nSPS) is 39.0. The van der Waals surface area contributed by atoms with Gasteiger partial charge in [0.1, 0.15) is 23.7 Å². The van der Waals surface area contributed by atoms with Gasteiger partial charge in [-0.15, -0.1) is 0 Å². The van der Waals surface area contributed by atoms with E-state index in [2.05, 4.69) is 18.1 Å². The maximum absolute atomic E-state index is 14.6. The second-order valence-corrected chi connectivity index (χ2v) is 11.8. The fraction of sp³-hybridized carbons (Fsp3) is 0.571. The van der Waals surface area contributed by atoms with Crippen molar-refractivity contribution in [3.8, 4) is 5.69 Å². The highest BCUT2D eigenvalue weighted by Gasteiger charge is 2.68. The molecular formula is C28H32F2N2O4. The number of rotatable bonds is 3. The predicted octanol–water partition coefficient (Wildman–Crippen LogP) is 3.60. The van der Waals surface area contributed by atoms with Crippen LogP contribution in [0.25, 0.3) is 11.8 Å². The van der Waals surface area contributed by atoms with Crippen molar-refractivity contribution in [3.05, 3.63) is 52.9 Å². The minimum absolute atomic E-state index is 0.0544. The molecule has 1 aromatic heterocycles. The molecule has 6 rings (SSSR count). The maximum Gasteiger partial charge on any atom is 0.190 e. The van der Waals surface area contributed by atoms with Gasteiger partial charge in [-0.05, 0) is 85.5 Å². The number of hydrogen-bond acceptors (Lipinski definition) is 5. The zero-order valence-corrected chi connectivity index (χ0v) is 20.5. The first-order valence-corrected chi connectivity index (χ1v) is 12.8. The van der Waals surface area contributed by atoms with E-state index in [0.29, 0.717) is 25.7 Å². The second-order valence-electron chi connectivity index (χ2n) is 11.8. The van der Waals surface area contributed by atoms with Crippen LogP contribution in [-0.4, -0.2) is 49.2 Å². The smallest absolute Gasteiger partial charge is 0.190 e. The summed E-state index contributed by atoms with van der Waals surface area (Å²) in [5.74, 6) is -1.72. The van der Waals surface area contributed by atoms with Crippen LogP contribution in [0.2, 0.25) is 0 Å². The number of carbonyl (C=O) groups excluding carboxylic acids is 1. The van der Waals surface area contributed by atoms with Gasteiger partial charge in [-0.3, -0.25) is 4.79 Å². The van der Waals surface area contributed by atoms with Crippen LogP contribution in [0.1, 0.15) is 57.2 Å². The Kier molecular flexibility index (Phi) is 5.18. The Morgan fingerprint density at radius 3 is 2.75 bits per heavy atom. The first kappa shape index (κ1) is 23.9. The molecule has 3 N–H and O–H groups in total. The molecular weight excluding hydrogens is 466 g/mol. The summed E-state index contributed by atoms with van der Waals surface area (Å²) in [4.78, 5) is 12.6. The van der Waals surface area contributed by atoms with Gasteiger partial charge in [0.05, 0.1) is 18.0 Å². The quantitative estimate of drug-likeness (QED) is 0.601. The molecule has 7 atom stereocenters. The molecule has 3 saturated carbocycles. The summed E-state index contributed by atoms with van der Waals surface area (Å²) in [6, 6.07) is 3.47. The summed E-state index contributed by atoms with van der Waals surface area (Å²) < 4.78 is 29.6. The van der Waals surface area contributed by atoms with E-state index >= 15 is 0 Å². The second kappa shape index (κ2) is 7.79. The number of aliphatic hydroxyl groups is 3. The Morgan fingerprint density at radius 2 is 2.03 bits per heavy atom. The van der Waals surface area contributed by atoms with Crippen molar-refractivity contribution in [1.29, 1.82) is 0 Å². The molecule has 0 spiro atoms. The van der Waals surface area contributed by atoms with Gasteiger partial charge >= 0.3 is 0 Å². The Bertz CT molecular complexity index is 1290. The van der Waals surface area contributed by atoms with E-state index < -0.39 is 41.1 Å². The summed E-state index contributed by atoms with van der Waals surface area (Å²) in [5, 5.41) is 37.0. The SMILES string of the molecule is C[C@]12Cc3cnn(-c4ccc(F)cc4F)c3C=C1CC[C@@H]1[C@@H]2[C@@H](O)C[C@@]2(C)[C@H]1CCC2(O)C(=O)CO. The zero-order chi connectivity index (χ0) is 25.6. The van der Waals surface area contributed by atoms with Gasteiger partial charge in [0.25, 0.3) is 0 Å². The summed E-state index contributed by atoms with van der Waals surface area (Å²) in [7, 11) is 0. The molecule has 4 aliphatic carbocycles. The van der Waals surface area contributed by atoms with E-state index in [9.17, 15) is 28.9 Å². The van der Waals surface area contributed by atoms with Crippen molar-refractivity contribution in [1.82, 2.24) is 9.78 Å². The molecule has 1 heterocycles. The standard InChI is InChI=1S/C28H32F2N2O4/c1-26-11-15-13-31-32(21-6-4-17(29)10-20(21)30)22(15)9-16(26)3-5-18-19-7-8-28(36,24(35)14-33)27(19,2)12-23(34)25(18)26/h4,6,9-10,13,18-19,23,25,33-34,36H,3,5,7-8,11-12,14H2,1-2H3/t18-,19-,23-,25+,26-,27-,28?/m0/s1. The molecule has 192 valence electrons. The Morgan fingerprint density at radius 1 is 1.25 bits per heavy atom.